The molecule has 0 bridgehead atoms. The highest BCUT2D eigenvalue weighted by atomic mass is 16.1. The monoisotopic (exact) mass is 337 g/mol. The zero-order chi connectivity index (χ0) is 18.8. The van der Waals surface area contributed by atoms with E-state index >= 15 is 0 Å². The molecule has 2 nitrogen and oxygen atoms in total. The van der Waals surface area contributed by atoms with E-state index in [1.807, 2.05) is 12.1 Å². The zero-order valence-corrected chi connectivity index (χ0v) is 16.4. The Labute approximate surface area is 152 Å². The topological polar surface area (TPSA) is 43.1 Å². The van der Waals surface area contributed by atoms with Gasteiger partial charge in [0, 0.05) is 0 Å². The first-order valence-corrected chi connectivity index (χ1v) is 8.97. The number of nitrogens with two attached hydrogens (primary N) is 1. The summed E-state index contributed by atoms with van der Waals surface area (Å²) in [6.45, 7) is 13.2. The number of primary amides is 1. The summed E-state index contributed by atoms with van der Waals surface area (Å²) in [6.07, 6.45) is 0.634. The molecule has 0 radical (unpaired) electrons. The fourth-order valence-electron chi connectivity index (χ4n) is 2.97. The molecule has 0 heterocycles. The van der Waals surface area contributed by atoms with Gasteiger partial charge in [0.2, 0.25) is 5.91 Å². The van der Waals surface area contributed by atoms with Gasteiger partial charge in [-0.3, -0.25) is 4.79 Å². The molecular formula is C23H31NO. The van der Waals surface area contributed by atoms with Crippen molar-refractivity contribution in [2.75, 3.05) is 0 Å². The molecular weight excluding hydrogens is 306 g/mol. The van der Waals surface area contributed by atoms with E-state index in [-0.39, 0.29) is 22.7 Å². The number of amides is 1. The van der Waals surface area contributed by atoms with Crippen molar-refractivity contribution in [1.29, 1.82) is 0 Å². The highest BCUT2D eigenvalue weighted by Gasteiger charge is 2.21. The van der Waals surface area contributed by atoms with Gasteiger partial charge in [0.25, 0.3) is 0 Å². The molecule has 0 saturated heterocycles. The van der Waals surface area contributed by atoms with Crippen molar-refractivity contribution in [1.82, 2.24) is 0 Å². The summed E-state index contributed by atoms with van der Waals surface area (Å²) >= 11 is 0. The van der Waals surface area contributed by atoms with E-state index in [4.69, 9.17) is 5.73 Å². The van der Waals surface area contributed by atoms with E-state index in [9.17, 15) is 4.79 Å². The molecule has 2 heteroatoms. The molecule has 2 aromatic carbocycles. The maximum atomic E-state index is 12.0. The van der Waals surface area contributed by atoms with Crippen LogP contribution in [0.2, 0.25) is 0 Å². The van der Waals surface area contributed by atoms with Crippen LogP contribution in [0.5, 0.6) is 0 Å². The van der Waals surface area contributed by atoms with Crippen molar-refractivity contribution < 1.29 is 4.79 Å². The van der Waals surface area contributed by atoms with E-state index < -0.39 is 0 Å². The van der Waals surface area contributed by atoms with Crippen LogP contribution in [-0.4, -0.2) is 5.91 Å². The van der Waals surface area contributed by atoms with E-state index in [0.717, 1.165) is 11.1 Å². The third kappa shape index (κ3) is 4.94. The molecule has 0 fully saturated rings. The number of carbonyl (C=O) groups is 1. The Hall–Kier alpha value is -2.09. The summed E-state index contributed by atoms with van der Waals surface area (Å²) in [6, 6.07) is 16.8. The number of carbonyl (C=O) groups excluding carboxylic acids is 1. The Morgan fingerprint density at radius 1 is 0.800 bits per heavy atom. The molecule has 1 unspecified atom stereocenters. The Morgan fingerprint density at radius 2 is 1.20 bits per heavy atom. The van der Waals surface area contributed by atoms with Crippen molar-refractivity contribution in [3.05, 3.63) is 70.8 Å². The molecule has 134 valence electrons. The summed E-state index contributed by atoms with van der Waals surface area (Å²) in [5.74, 6) is -0.571. The van der Waals surface area contributed by atoms with Gasteiger partial charge in [-0.05, 0) is 39.5 Å². The second-order valence-electron chi connectivity index (χ2n) is 8.98. The van der Waals surface area contributed by atoms with Gasteiger partial charge in [0.05, 0.1) is 5.92 Å². The minimum Gasteiger partial charge on any atom is -0.369 e. The molecule has 0 aliphatic carbocycles. The first-order valence-electron chi connectivity index (χ1n) is 8.97. The van der Waals surface area contributed by atoms with Gasteiger partial charge in [-0.25, -0.2) is 0 Å². The molecule has 2 N–H and O–H groups in total. The Balaban J connectivity index is 2.23. The van der Waals surface area contributed by atoms with Crippen molar-refractivity contribution in [3.8, 4) is 0 Å². The van der Waals surface area contributed by atoms with Gasteiger partial charge in [-0.15, -0.1) is 0 Å². The Bertz CT molecular complexity index is 713. The Morgan fingerprint density at radius 3 is 1.56 bits per heavy atom. The molecule has 25 heavy (non-hydrogen) atoms. The minimum absolute atomic E-state index is 0.101. The van der Waals surface area contributed by atoms with E-state index in [1.165, 1.54) is 11.1 Å². The predicted octanol–water partition coefficient (Wildman–Crippen LogP) is 5.09. The summed E-state index contributed by atoms with van der Waals surface area (Å²) in [4.78, 5) is 12.0. The molecule has 0 aliphatic heterocycles. The lowest BCUT2D eigenvalue weighted by Crippen LogP contribution is -2.23. The number of hydrogen-bond donors (Lipinski definition) is 1. The van der Waals surface area contributed by atoms with Crippen LogP contribution in [0.25, 0.3) is 0 Å². The fraction of sp³-hybridized carbons (Fsp3) is 0.435. The van der Waals surface area contributed by atoms with Gasteiger partial charge in [0.15, 0.2) is 0 Å². The molecule has 2 aromatic rings. The van der Waals surface area contributed by atoms with Crippen LogP contribution in [0, 0.1) is 0 Å². The van der Waals surface area contributed by atoms with Crippen LogP contribution in [0.15, 0.2) is 48.5 Å². The van der Waals surface area contributed by atoms with Crippen LogP contribution in [0.4, 0.5) is 0 Å². The second kappa shape index (κ2) is 7.03. The standard InChI is InChI=1S/C23H31NO/c1-22(2,3)18-11-7-16(8-12-18)15-20(21(24)25)17-9-13-19(14-10-17)23(4,5)6/h7-14,20H,15H2,1-6H3,(H2,24,25). The van der Waals surface area contributed by atoms with Crippen LogP contribution in [0.1, 0.15) is 69.7 Å². The molecule has 0 spiro atoms. The van der Waals surface area contributed by atoms with Crippen LogP contribution < -0.4 is 5.73 Å². The summed E-state index contributed by atoms with van der Waals surface area (Å²) in [5.41, 5.74) is 10.6. The van der Waals surface area contributed by atoms with Crippen molar-refractivity contribution in [2.24, 2.45) is 5.73 Å². The number of benzene rings is 2. The van der Waals surface area contributed by atoms with E-state index in [1.54, 1.807) is 0 Å². The maximum Gasteiger partial charge on any atom is 0.225 e. The fourth-order valence-corrected chi connectivity index (χ4v) is 2.97. The highest BCUT2D eigenvalue weighted by molar-refractivity contribution is 5.82. The van der Waals surface area contributed by atoms with Crippen LogP contribution in [0.3, 0.4) is 0 Å². The zero-order valence-electron chi connectivity index (χ0n) is 16.4. The predicted molar refractivity (Wildman–Crippen MR) is 106 cm³/mol. The molecule has 0 saturated carbocycles. The number of hydrogen-bond acceptors (Lipinski definition) is 1. The van der Waals surface area contributed by atoms with Crippen LogP contribution >= 0.6 is 0 Å². The summed E-state index contributed by atoms with van der Waals surface area (Å²) in [5, 5.41) is 0. The summed E-state index contributed by atoms with van der Waals surface area (Å²) < 4.78 is 0. The Kier molecular flexibility index (Phi) is 5.41. The average molecular weight is 338 g/mol. The largest absolute Gasteiger partial charge is 0.369 e. The summed E-state index contributed by atoms with van der Waals surface area (Å²) in [7, 11) is 0. The molecule has 0 aliphatic rings. The van der Waals surface area contributed by atoms with Gasteiger partial charge in [-0.2, -0.15) is 0 Å². The first-order chi connectivity index (χ1) is 11.5. The first kappa shape index (κ1) is 19.2. The third-order valence-corrected chi connectivity index (χ3v) is 4.78. The lowest BCUT2D eigenvalue weighted by atomic mass is 9.83. The van der Waals surface area contributed by atoms with E-state index in [2.05, 4.69) is 77.9 Å². The molecule has 2 rings (SSSR count). The quantitative estimate of drug-likeness (QED) is 0.829. The SMILES string of the molecule is CC(C)(C)c1ccc(CC(C(N)=O)c2ccc(C(C)(C)C)cc2)cc1. The van der Waals surface area contributed by atoms with E-state index in [0.29, 0.717) is 6.42 Å². The number of rotatable bonds is 4. The smallest absolute Gasteiger partial charge is 0.225 e. The minimum atomic E-state index is -0.297. The average Bonchev–Trinajstić information content (AvgIpc) is 2.51. The molecule has 1 atom stereocenters. The van der Waals surface area contributed by atoms with Gasteiger partial charge < -0.3 is 5.73 Å². The van der Waals surface area contributed by atoms with Crippen molar-refractivity contribution in [2.45, 2.75) is 64.7 Å². The van der Waals surface area contributed by atoms with Crippen LogP contribution in [-0.2, 0) is 22.0 Å². The van der Waals surface area contributed by atoms with Gasteiger partial charge in [0.1, 0.15) is 0 Å². The van der Waals surface area contributed by atoms with Gasteiger partial charge in [-0.1, -0.05) is 90.1 Å². The lowest BCUT2D eigenvalue weighted by Gasteiger charge is -2.21. The molecule has 0 aromatic heterocycles. The van der Waals surface area contributed by atoms with Crippen molar-refractivity contribution in [3.63, 3.8) is 0 Å². The van der Waals surface area contributed by atoms with Gasteiger partial charge >= 0.3 is 0 Å². The van der Waals surface area contributed by atoms with Crippen molar-refractivity contribution >= 4 is 5.91 Å². The normalized spacial score (nSPS) is 13.5. The third-order valence-electron chi connectivity index (χ3n) is 4.78. The highest BCUT2D eigenvalue weighted by Crippen LogP contribution is 2.27. The maximum absolute atomic E-state index is 12.0. The second-order valence-corrected chi connectivity index (χ2v) is 8.98. The lowest BCUT2D eigenvalue weighted by molar-refractivity contribution is -0.119. The molecule has 1 amide bonds.